The Labute approximate surface area is 280 Å². The number of quaternary nitrogens is 1. The van der Waals surface area contributed by atoms with Crippen molar-refractivity contribution in [1.82, 2.24) is 0 Å². The van der Waals surface area contributed by atoms with Gasteiger partial charge in [-0.1, -0.05) is 0 Å². The first-order valence-corrected chi connectivity index (χ1v) is 16.4. The lowest BCUT2D eigenvalue weighted by Crippen LogP contribution is -3.11. The van der Waals surface area contributed by atoms with E-state index in [1.54, 1.807) is 4.90 Å². The van der Waals surface area contributed by atoms with Crippen LogP contribution < -0.4 is 22.6 Å². The molecular formula is C30H16AlF20N. The van der Waals surface area contributed by atoms with Crippen molar-refractivity contribution in [2.75, 3.05) is 19.6 Å². The van der Waals surface area contributed by atoms with Crippen LogP contribution in [0.3, 0.4) is 0 Å². The van der Waals surface area contributed by atoms with Crippen molar-refractivity contribution in [3.8, 4) is 0 Å². The third-order valence-corrected chi connectivity index (χ3v) is 13.7. The standard InChI is InChI=1S/4C6F5.C6H15N.Al/c4*7-2-1-3(8)5(10)6(11)4(2)9;1-4-7(5-2)6-3;/h;;;;4-6H2,1-3H3;/q;;;;;-1/p+1. The highest BCUT2D eigenvalue weighted by molar-refractivity contribution is 7.20. The number of nitrogens with one attached hydrogen (secondary N) is 1. The van der Waals surface area contributed by atoms with Gasteiger partial charge in [-0.25, -0.2) is 87.8 Å². The van der Waals surface area contributed by atoms with Gasteiger partial charge in [-0.3, -0.25) is 0 Å². The Morgan fingerprint density at radius 2 is 0.365 bits per heavy atom. The van der Waals surface area contributed by atoms with Crippen molar-refractivity contribution in [1.29, 1.82) is 0 Å². The molecule has 0 aliphatic rings. The molecular weight excluding hydrogens is 781 g/mol. The Kier molecular flexibility index (Phi) is 12.7. The summed E-state index contributed by atoms with van der Waals surface area (Å²) in [4.78, 5) is 1.68. The average molecular weight is 797 g/mol. The molecule has 0 fully saturated rings. The normalized spacial score (nSPS) is 11.8. The predicted octanol–water partition coefficient (Wildman–Crippen LogP) is 5.78. The highest BCUT2D eigenvalue weighted by atomic mass is 27.2. The Hall–Kier alpha value is -4.03. The number of benzene rings is 4. The Morgan fingerprint density at radius 3 is 0.462 bits per heavy atom. The van der Waals surface area contributed by atoms with Crippen LogP contribution in [0.25, 0.3) is 0 Å². The van der Waals surface area contributed by atoms with Gasteiger partial charge < -0.3 is 4.90 Å². The Bertz CT molecular complexity index is 1670. The molecule has 0 radical (unpaired) electrons. The fourth-order valence-electron chi connectivity index (χ4n) is 5.62. The van der Waals surface area contributed by atoms with E-state index in [1.807, 2.05) is 0 Å². The van der Waals surface area contributed by atoms with Crippen LogP contribution in [0.4, 0.5) is 87.8 Å². The highest BCUT2D eigenvalue weighted by Gasteiger charge is 2.55. The topological polar surface area (TPSA) is 4.44 Å². The quantitative estimate of drug-likeness (QED) is 0.105. The van der Waals surface area contributed by atoms with Gasteiger partial charge in [-0.15, -0.1) is 17.7 Å². The first-order valence-electron chi connectivity index (χ1n) is 14.1. The maximum absolute atomic E-state index is 15.4. The van der Waals surface area contributed by atoms with E-state index in [0.717, 1.165) is 0 Å². The third kappa shape index (κ3) is 6.25. The van der Waals surface area contributed by atoms with Crippen LogP contribution in [0.2, 0.25) is 0 Å². The van der Waals surface area contributed by atoms with Crippen molar-refractivity contribution in [2.45, 2.75) is 20.8 Å². The van der Waals surface area contributed by atoms with Crippen LogP contribution in [-0.2, 0) is 0 Å². The van der Waals surface area contributed by atoms with Crippen molar-refractivity contribution in [3.05, 3.63) is 116 Å². The van der Waals surface area contributed by atoms with E-state index in [2.05, 4.69) is 20.8 Å². The summed E-state index contributed by atoms with van der Waals surface area (Å²) in [5, 5.41) is 0. The average Bonchev–Trinajstić information content (AvgIpc) is 3.12. The molecule has 0 aliphatic carbocycles. The van der Waals surface area contributed by atoms with Crippen LogP contribution in [0.1, 0.15) is 20.8 Å². The van der Waals surface area contributed by atoms with Crippen molar-refractivity contribution >= 4 is 30.8 Å². The molecule has 22 heteroatoms. The summed E-state index contributed by atoms with van der Waals surface area (Å²) >= 11 is -9.08. The van der Waals surface area contributed by atoms with E-state index in [1.165, 1.54) is 19.6 Å². The number of hydrogen-bond acceptors (Lipinski definition) is 0. The molecule has 0 amide bonds. The smallest absolute Gasteiger partial charge is 0.300 e. The molecule has 1 N–H and O–H groups in total. The second-order valence-corrected chi connectivity index (χ2v) is 14.7. The molecule has 284 valence electrons. The van der Waals surface area contributed by atoms with Gasteiger partial charge in [0, 0.05) is 0 Å². The molecule has 0 saturated heterocycles. The summed E-state index contributed by atoms with van der Waals surface area (Å²) in [6.07, 6.45) is 0. The highest BCUT2D eigenvalue weighted by Crippen LogP contribution is 2.30. The summed E-state index contributed by atoms with van der Waals surface area (Å²) in [5.74, 6) is -70.8. The fraction of sp³-hybridized carbons (Fsp3) is 0.200. The first-order chi connectivity index (χ1) is 24.0. The Morgan fingerprint density at radius 1 is 0.250 bits per heavy atom. The zero-order chi connectivity index (χ0) is 40.1. The number of rotatable bonds is 7. The summed E-state index contributed by atoms with van der Waals surface area (Å²) in [6.45, 7) is 10.5. The summed E-state index contributed by atoms with van der Waals surface area (Å²) in [7, 11) is 0. The molecule has 0 saturated carbocycles. The second-order valence-electron chi connectivity index (χ2n) is 10.6. The lowest BCUT2D eigenvalue weighted by atomic mass is 10.2. The minimum Gasteiger partial charge on any atom is -0.336 e. The molecule has 0 aliphatic heterocycles. The monoisotopic (exact) mass is 797 g/mol. The van der Waals surface area contributed by atoms with E-state index >= 15 is 35.1 Å². The number of halogens is 20. The van der Waals surface area contributed by atoms with Gasteiger partial charge in [0.25, 0.3) is 0 Å². The van der Waals surface area contributed by atoms with Gasteiger partial charge in [-0.2, -0.15) is 0 Å². The molecule has 0 aromatic heterocycles. The van der Waals surface area contributed by atoms with E-state index < -0.39 is 147 Å². The predicted molar refractivity (Wildman–Crippen MR) is 142 cm³/mol. The molecule has 0 spiro atoms. The van der Waals surface area contributed by atoms with Gasteiger partial charge in [0.05, 0.1) is 19.6 Å². The maximum atomic E-state index is 15.4. The molecule has 0 bridgehead atoms. The molecule has 52 heavy (non-hydrogen) atoms. The fourth-order valence-corrected chi connectivity index (χ4v) is 11.4. The molecule has 0 unspecified atom stereocenters. The van der Waals surface area contributed by atoms with Gasteiger partial charge >= 0.3 is 13.1 Å². The van der Waals surface area contributed by atoms with Crippen LogP contribution >= 0.6 is 0 Å². The SMILES string of the molecule is CC[NH+](CC)CC.Fc1c(F)c(F)[c]([Al-]([c]2c(F)c(F)c(F)c(F)c2F)([c]2c(F)c(F)c(F)c(F)c2F)[c]2c(F)c(F)c(F)c(F)c2F)c(F)c1F. The lowest BCUT2D eigenvalue weighted by Gasteiger charge is -2.42. The molecule has 4 aromatic rings. The van der Waals surface area contributed by atoms with Crippen molar-refractivity contribution in [2.24, 2.45) is 0 Å². The Balaban J connectivity index is 0.000000944. The van der Waals surface area contributed by atoms with Gasteiger partial charge in [0.15, 0.2) is 69.8 Å². The van der Waals surface area contributed by atoms with E-state index in [0.29, 0.717) is 0 Å². The maximum Gasteiger partial charge on any atom is 0.300 e. The van der Waals surface area contributed by atoms with Crippen LogP contribution in [0.15, 0.2) is 0 Å². The minimum atomic E-state index is -9.08. The van der Waals surface area contributed by atoms with E-state index in [9.17, 15) is 52.7 Å². The molecule has 0 atom stereocenters. The zero-order valence-corrected chi connectivity index (χ0v) is 26.9. The van der Waals surface area contributed by atoms with Crippen molar-refractivity contribution in [3.63, 3.8) is 0 Å². The summed E-state index contributed by atoms with van der Waals surface area (Å²) in [5.41, 5.74) is 0. The second kappa shape index (κ2) is 15.5. The molecule has 4 aromatic carbocycles. The van der Waals surface area contributed by atoms with Crippen LogP contribution in [-0.4, -0.2) is 32.7 Å². The summed E-state index contributed by atoms with van der Waals surface area (Å²) in [6, 6.07) is 0. The molecule has 0 heterocycles. The molecule has 4 rings (SSSR count). The zero-order valence-electron chi connectivity index (χ0n) is 25.8. The minimum absolute atomic E-state index is 1.27. The molecule has 1 nitrogen and oxygen atoms in total. The van der Waals surface area contributed by atoms with E-state index in [-0.39, 0.29) is 0 Å². The van der Waals surface area contributed by atoms with Crippen LogP contribution in [0.5, 0.6) is 0 Å². The summed E-state index contributed by atoms with van der Waals surface area (Å²) < 4.78 is 280. The van der Waals surface area contributed by atoms with Gasteiger partial charge in [0.2, 0.25) is 0 Å². The van der Waals surface area contributed by atoms with Gasteiger partial charge in [-0.05, 0) is 20.8 Å². The third-order valence-electron chi connectivity index (χ3n) is 8.21. The van der Waals surface area contributed by atoms with Crippen LogP contribution in [0, 0.1) is 116 Å². The number of hydrogen-bond donors (Lipinski definition) is 1. The van der Waals surface area contributed by atoms with Crippen molar-refractivity contribution < 1.29 is 92.7 Å². The lowest BCUT2D eigenvalue weighted by molar-refractivity contribution is -0.894. The first kappa shape index (κ1) is 42.4. The van der Waals surface area contributed by atoms with E-state index in [4.69, 9.17) is 0 Å². The largest absolute Gasteiger partial charge is 0.336 e. The van der Waals surface area contributed by atoms with Gasteiger partial charge in [0.1, 0.15) is 46.5 Å².